The van der Waals surface area contributed by atoms with E-state index in [0.29, 0.717) is 16.7 Å². The van der Waals surface area contributed by atoms with Crippen molar-refractivity contribution in [3.63, 3.8) is 0 Å². The van der Waals surface area contributed by atoms with Gasteiger partial charge in [-0.1, -0.05) is 36.1 Å². The number of benzene rings is 4. The van der Waals surface area contributed by atoms with Crippen LogP contribution >= 0.6 is 0 Å². The number of para-hydroxylation sites is 1. The van der Waals surface area contributed by atoms with Gasteiger partial charge < -0.3 is 9.72 Å². The van der Waals surface area contributed by atoms with Gasteiger partial charge in [0.05, 0.1) is 18.0 Å². The molecule has 32 heavy (non-hydrogen) atoms. The second-order valence-corrected chi connectivity index (χ2v) is 7.64. The van der Waals surface area contributed by atoms with Crippen LogP contribution in [0.1, 0.15) is 16.7 Å². The van der Waals surface area contributed by atoms with E-state index in [-0.39, 0.29) is 5.56 Å². The molecule has 154 valence electrons. The van der Waals surface area contributed by atoms with Gasteiger partial charge in [-0.25, -0.2) is 4.98 Å². The van der Waals surface area contributed by atoms with Crippen molar-refractivity contribution in [1.29, 1.82) is 0 Å². The average Bonchev–Trinajstić information content (AvgIpc) is 2.82. The second kappa shape index (κ2) is 8.05. The molecule has 5 rings (SSSR count). The molecular weight excluding hydrogens is 396 g/mol. The van der Waals surface area contributed by atoms with Gasteiger partial charge in [0.15, 0.2) is 0 Å². The topological polar surface area (TPSA) is 55.0 Å². The molecule has 0 bridgehead atoms. The maximum absolute atomic E-state index is 12.4. The number of methoxy groups -OCH3 is 1. The lowest BCUT2D eigenvalue weighted by Gasteiger charge is -2.07. The van der Waals surface area contributed by atoms with E-state index in [2.05, 4.69) is 33.9 Å². The van der Waals surface area contributed by atoms with Crippen LogP contribution in [0.5, 0.6) is 5.75 Å². The summed E-state index contributed by atoms with van der Waals surface area (Å²) in [4.78, 5) is 19.9. The molecule has 0 atom stereocenters. The standard InChI is InChI=1S/C28H20N2O2/c1-18-15-19(7-8-20-9-11-22-17-23(32-2)13-12-21(22)16-20)10-14-24(18)27-29-26-6-4-3-5-25(26)28(31)30-27/h3-6,9-17H,1-2H3,(H,29,30,31). The van der Waals surface area contributed by atoms with Crippen molar-refractivity contribution in [3.8, 4) is 29.0 Å². The summed E-state index contributed by atoms with van der Waals surface area (Å²) in [5.41, 5.74) is 4.29. The molecule has 1 aromatic heterocycles. The molecule has 0 saturated heterocycles. The van der Waals surface area contributed by atoms with E-state index < -0.39 is 0 Å². The van der Waals surface area contributed by atoms with Crippen molar-refractivity contribution >= 4 is 21.7 Å². The van der Waals surface area contributed by atoms with Crippen LogP contribution in [0, 0.1) is 18.8 Å². The fourth-order valence-electron chi connectivity index (χ4n) is 3.79. The predicted molar refractivity (Wildman–Crippen MR) is 129 cm³/mol. The van der Waals surface area contributed by atoms with Crippen molar-refractivity contribution < 1.29 is 4.74 Å². The van der Waals surface area contributed by atoms with Crippen molar-refractivity contribution in [3.05, 3.63) is 106 Å². The largest absolute Gasteiger partial charge is 0.497 e. The molecule has 0 radical (unpaired) electrons. The van der Waals surface area contributed by atoms with Crippen LogP contribution < -0.4 is 10.3 Å². The molecule has 5 aromatic rings. The van der Waals surface area contributed by atoms with E-state index in [9.17, 15) is 4.79 Å². The third-order valence-electron chi connectivity index (χ3n) is 5.49. The maximum atomic E-state index is 12.4. The second-order valence-electron chi connectivity index (χ2n) is 7.64. The van der Waals surface area contributed by atoms with Crippen molar-refractivity contribution in [2.24, 2.45) is 0 Å². The van der Waals surface area contributed by atoms with Crippen LogP contribution in [0.25, 0.3) is 33.1 Å². The number of nitrogens with one attached hydrogen (secondary N) is 1. The average molecular weight is 416 g/mol. The van der Waals surface area contributed by atoms with Crippen molar-refractivity contribution in [1.82, 2.24) is 9.97 Å². The van der Waals surface area contributed by atoms with Gasteiger partial charge in [0.25, 0.3) is 5.56 Å². The molecule has 1 N–H and O–H groups in total. The summed E-state index contributed by atoms with van der Waals surface area (Å²) in [6.45, 7) is 2.00. The Hall–Kier alpha value is -4.36. The van der Waals surface area contributed by atoms with E-state index >= 15 is 0 Å². The fourth-order valence-corrected chi connectivity index (χ4v) is 3.79. The SMILES string of the molecule is COc1ccc2cc(C#Cc3ccc(-c4nc5ccccc5c(=O)[nH]4)c(C)c3)ccc2c1. The quantitative estimate of drug-likeness (QED) is 0.389. The van der Waals surface area contributed by atoms with Crippen LogP contribution in [0.3, 0.4) is 0 Å². The molecule has 0 spiro atoms. The van der Waals surface area contributed by atoms with Crippen molar-refractivity contribution in [2.45, 2.75) is 6.92 Å². The summed E-state index contributed by atoms with van der Waals surface area (Å²) in [6.07, 6.45) is 0. The van der Waals surface area contributed by atoms with E-state index in [1.54, 1.807) is 13.2 Å². The number of fused-ring (bicyclic) bond motifs is 2. The highest BCUT2D eigenvalue weighted by molar-refractivity contribution is 5.85. The zero-order chi connectivity index (χ0) is 22.1. The smallest absolute Gasteiger partial charge is 0.259 e. The minimum absolute atomic E-state index is 0.136. The van der Waals surface area contributed by atoms with Crippen LogP contribution in [0.4, 0.5) is 0 Å². The number of hydrogen-bond acceptors (Lipinski definition) is 3. The van der Waals surface area contributed by atoms with Gasteiger partial charge in [0.1, 0.15) is 11.6 Å². The first-order chi connectivity index (χ1) is 15.6. The number of rotatable bonds is 2. The Morgan fingerprint density at radius 3 is 2.38 bits per heavy atom. The number of aryl methyl sites for hydroxylation is 1. The predicted octanol–water partition coefficient (Wildman–Crippen LogP) is 5.46. The highest BCUT2D eigenvalue weighted by atomic mass is 16.5. The first kappa shape index (κ1) is 19.6. The van der Waals surface area contributed by atoms with Crippen molar-refractivity contribution in [2.75, 3.05) is 7.11 Å². The minimum atomic E-state index is -0.136. The molecule has 0 amide bonds. The first-order valence-corrected chi connectivity index (χ1v) is 10.3. The Morgan fingerprint density at radius 2 is 1.56 bits per heavy atom. The Labute approximate surface area is 185 Å². The molecule has 0 aliphatic carbocycles. The van der Waals surface area contributed by atoms with Crippen LogP contribution in [0.2, 0.25) is 0 Å². The van der Waals surface area contributed by atoms with Gasteiger partial charge in [-0.05, 0) is 77.9 Å². The lowest BCUT2D eigenvalue weighted by molar-refractivity contribution is 0.415. The number of aromatic nitrogens is 2. The summed E-state index contributed by atoms with van der Waals surface area (Å²) in [6, 6.07) is 25.4. The monoisotopic (exact) mass is 416 g/mol. The summed E-state index contributed by atoms with van der Waals surface area (Å²) < 4.78 is 5.29. The Balaban J connectivity index is 1.46. The number of aromatic amines is 1. The molecule has 0 fully saturated rings. The van der Waals surface area contributed by atoms with Gasteiger partial charge in [0.2, 0.25) is 0 Å². The van der Waals surface area contributed by atoms with Gasteiger partial charge in [-0.15, -0.1) is 0 Å². The van der Waals surface area contributed by atoms with Gasteiger partial charge in [-0.3, -0.25) is 4.79 Å². The Bertz CT molecular complexity index is 1600. The number of ether oxygens (including phenoxy) is 1. The van der Waals surface area contributed by atoms with E-state index in [1.807, 2.05) is 67.6 Å². The van der Waals surface area contributed by atoms with Gasteiger partial charge in [-0.2, -0.15) is 0 Å². The Kier molecular flexibility index (Phi) is 4.93. The zero-order valence-corrected chi connectivity index (χ0v) is 17.8. The number of H-pyrrole nitrogens is 1. The maximum Gasteiger partial charge on any atom is 0.259 e. The van der Waals surface area contributed by atoms with E-state index in [1.165, 1.54) is 0 Å². The molecule has 4 heteroatoms. The fraction of sp³-hybridized carbons (Fsp3) is 0.0714. The third kappa shape index (κ3) is 3.73. The molecule has 0 saturated carbocycles. The van der Waals surface area contributed by atoms with Crippen LogP contribution in [0.15, 0.2) is 83.7 Å². The minimum Gasteiger partial charge on any atom is -0.497 e. The molecule has 1 heterocycles. The highest BCUT2D eigenvalue weighted by Crippen LogP contribution is 2.23. The summed E-state index contributed by atoms with van der Waals surface area (Å²) in [5, 5.41) is 2.83. The normalized spacial score (nSPS) is 10.7. The first-order valence-electron chi connectivity index (χ1n) is 10.3. The lowest BCUT2D eigenvalue weighted by Crippen LogP contribution is -2.09. The molecule has 0 aliphatic rings. The lowest BCUT2D eigenvalue weighted by atomic mass is 10.0. The molecule has 4 aromatic carbocycles. The van der Waals surface area contributed by atoms with E-state index in [0.717, 1.165) is 38.8 Å². The Morgan fingerprint density at radius 1 is 0.844 bits per heavy atom. The molecule has 0 unspecified atom stereocenters. The van der Waals surface area contributed by atoms with Gasteiger partial charge in [0, 0.05) is 16.7 Å². The zero-order valence-electron chi connectivity index (χ0n) is 17.8. The third-order valence-corrected chi connectivity index (χ3v) is 5.49. The van der Waals surface area contributed by atoms with Crippen LogP contribution in [-0.4, -0.2) is 17.1 Å². The van der Waals surface area contributed by atoms with Gasteiger partial charge >= 0.3 is 0 Å². The number of hydrogen-bond donors (Lipinski definition) is 1. The number of nitrogens with zero attached hydrogens (tertiary/aromatic N) is 1. The van der Waals surface area contributed by atoms with E-state index in [4.69, 9.17) is 4.74 Å². The molecule has 0 aliphatic heterocycles. The summed E-state index contributed by atoms with van der Waals surface area (Å²) in [7, 11) is 1.67. The summed E-state index contributed by atoms with van der Waals surface area (Å²) >= 11 is 0. The summed E-state index contributed by atoms with van der Waals surface area (Å²) in [5.74, 6) is 7.90. The highest BCUT2D eigenvalue weighted by Gasteiger charge is 2.08. The molecular formula is C28H20N2O2. The van der Waals surface area contributed by atoms with Crippen LogP contribution in [-0.2, 0) is 0 Å². The molecule has 4 nitrogen and oxygen atoms in total.